The van der Waals surface area contributed by atoms with Gasteiger partial charge < -0.3 is 20.0 Å². The Hall–Kier alpha value is -2.10. The second kappa shape index (κ2) is 10.1. The molecule has 158 valence electrons. The average molecular weight is 511 g/mol. The number of amides is 1. The second-order valence-corrected chi connectivity index (χ2v) is 7.96. The normalized spacial score (nSPS) is 14.7. The Morgan fingerprint density at radius 3 is 2.45 bits per heavy atom. The molecule has 1 aliphatic rings. The van der Waals surface area contributed by atoms with E-state index in [0.717, 1.165) is 30.0 Å². The summed E-state index contributed by atoms with van der Waals surface area (Å²) in [5, 5.41) is 6.49. The smallest absolute Gasteiger partial charge is 0.227 e. The Labute approximate surface area is 189 Å². The minimum atomic E-state index is -0.0585. The van der Waals surface area contributed by atoms with E-state index in [4.69, 9.17) is 4.42 Å². The summed E-state index contributed by atoms with van der Waals surface area (Å²) in [6, 6.07) is 8.06. The molecule has 0 aliphatic carbocycles. The number of halogens is 1. The number of carbonyl (C=O) groups excluding carboxylic acids is 1. The molecule has 2 heterocycles. The fraction of sp³-hybridized carbons (Fsp3) is 0.476. The highest BCUT2D eigenvalue weighted by molar-refractivity contribution is 14.0. The highest BCUT2D eigenvalue weighted by Crippen LogP contribution is 2.23. The lowest BCUT2D eigenvalue weighted by atomic mass is 9.94. The summed E-state index contributed by atoms with van der Waals surface area (Å²) >= 11 is 0. The van der Waals surface area contributed by atoms with Crippen LogP contribution in [0.1, 0.15) is 50.8 Å². The molecule has 1 aromatic carbocycles. The van der Waals surface area contributed by atoms with Crippen molar-refractivity contribution in [2.24, 2.45) is 4.99 Å². The van der Waals surface area contributed by atoms with E-state index in [1.165, 1.54) is 0 Å². The lowest BCUT2D eigenvalue weighted by molar-refractivity contribution is -0.117. The van der Waals surface area contributed by atoms with Crippen LogP contribution in [0.25, 0.3) is 0 Å². The van der Waals surface area contributed by atoms with Gasteiger partial charge in [-0.25, -0.2) is 4.98 Å². The molecule has 0 saturated carbocycles. The first-order chi connectivity index (χ1) is 13.4. The molecule has 8 heteroatoms. The fourth-order valence-corrected chi connectivity index (χ4v) is 3.02. The Morgan fingerprint density at radius 2 is 1.90 bits per heavy atom. The summed E-state index contributed by atoms with van der Waals surface area (Å²) in [6.45, 7) is 8.19. The molecule has 0 unspecified atom stereocenters. The summed E-state index contributed by atoms with van der Waals surface area (Å²) in [7, 11) is 1.73. The van der Waals surface area contributed by atoms with Crippen molar-refractivity contribution in [3.8, 4) is 0 Å². The van der Waals surface area contributed by atoms with Crippen LogP contribution >= 0.6 is 24.0 Å². The summed E-state index contributed by atoms with van der Waals surface area (Å²) in [4.78, 5) is 22.2. The number of hydrogen-bond donors (Lipinski definition) is 2. The van der Waals surface area contributed by atoms with Gasteiger partial charge in [0.1, 0.15) is 5.76 Å². The van der Waals surface area contributed by atoms with Crippen molar-refractivity contribution in [3.63, 3.8) is 0 Å². The van der Waals surface area contributed by atoms with E-state index < -0.39 is 0 Å². The van der Waals surface area contributed by atoms with E-state index in [2.05, 4.69) is 41.4 Å². The van der Waals surface area contributed by atoms with Crippen LogP contribution < -0.4 is 15.5 Å². The minimum Gasteiger partial charge on any atom is -0.443 e. The number of aliphatic imine (C=N–C) groups is 1. The largest absolute Gasteiger partial charge is 0.443 e. The molecular weight excluding hydrogens is 481 g/mol. The monoisotopic (exact) mass is 511 g/mol. The van der Waals surface area contributed by atoms with Gasteiger partial charge in [0.05, 0.1) is 12.7 Å². The number of hydrogen-bond acceptors (Lipinski definition) is 4. The quantitative estimate of drug-likeness (QED) is 0.365. The molecule has 1 saturated heterocycles. The van der Waals surface area contributed by atoms with Crippen LogP contribution in [0.4, 0.5) is 5.69 Å². The third-order valence-corrected chi connectivity index (χ3v) is 4.70. The maximum Gasteiger partial charge on any atom is 0.227 e. The standard InChI is InChI=1S/C21H29N5O2.HI/c1-21(2,3)17-13-23-18(28-17)14-25-20(22-4)24-12-15-7-9-16(10-8-15)26-11-5-6-19(26)27;/h7-10,13H,5-6,11-12,14H2,1-4H3,(H2,22,24,25);1H. The van der Waals surface area contributed by atoms with E-state index in [0.29, 0.717) is 31.4 Å². The number of anilines is 1. The number of benzene rings is 1. The number of carbonyl (C=O) groups is 1. The maximum absolute atomic E-state index is 11.8. The van der Waals surface area contributed by atoms with Gasteiger partial charge in [0.2, 0.25) is 11.8 Å². The van der Waals surface area contributed by atoms with Gasteiger partial charge in [-0.1, -0.05) is 32.9 Å². The molecule has 0 atom stereocenters. The Kier molecular flexibility index (Phi) is 8.06. The van der Waals surface area contributed by atoms with Crippen molar-refractivity contribution < 1.29 is 9.21 Å². The van der Waals surface area contributed by atoms with Crippen molar-refractivity contribution >= 4 is 41.5 Å². The molecule has 7 nitrogen and oxygen atoms in total. The van der Waals surface area contributed by atoms with Crippen LogP contribution in [0, 0.1) is 0 Å². The molecule has 0 bridgehead atoms. The van der Waals surface area contributed by atoms with Gasteiger partial charge in [0.25, 0.3) is 0 Å². The number of aromatic nitrogens is 1. The van der Waals surface area contributed by atoms with Crippen molar-refractivity contribution in [1.82, 2.24) is 15.6 Å². The van der Waals surface area contributed by atoms with Gasteiger partial charge in [0, 0.05) is 37.7 Å². The van der Waals surface area contributed by atoms with Gasteiger partial charge in [-0.05, 0) is 24.1 Å². The van der Waals surface area contributed by atoms with E-state index in [9.17, 15) is 4.79 Å². The minimum absolute atomic E-state index is 0. The predicted octanol–water partition coefficient (Wildman–Crippen LogP) is 3.58. The summed E-state index contributed by atoms with van der Waals surface area (Å²) < 4.78 is 5.79. The van der Waals surface area contributed by atoms with Crippen molar-refractivity contribution in [2.75, 3.05) is 18.5 Å². The highest BCUT2D eigenvalue weighted by Gasteiger charge is 2.21. The number of guanidine groups is 1. The zero-order valence-corrected chi connectivity index (χ0v) is 19.8. The van der Waals surface area contributed by atoms with Crippen molar-refractivity contribution in [1.29, 1.82) is 0 Å². The summed E-state index contributed by atoms with van der Waals surface area (Å²) in [5.74, 6) is 2.38. The van der Waals surface area contributed by atoms with Gasteiger partial charge in [-0.2, -0.15) is 0 Å². The molecule has 1 amide bonds. The lowest BCUT2D eigenvalue weighted by Gasteiger charge is -2.16. The molecule has 2 N–H and O–H groups in total. The molecule has 29 heavy (non-hydrogen) atoms. The molecule has 3 rings (SSSR count). The number of nitrogens with one attached hydrogen (secondary N) is 2. The first kappa shape index (κ1) is 23.2. The van der Waals surface area contributed by atoms with Crippen LogP contribution in [0.5, 0.6) is 0 Å². The van der Waals surface area contributed by atoms with Crippen LogP contribution in [0.3, 0.4) is 0 Å². The topological polar surface area (TPSA) is 82.8 Å². The van der Waals surface area contributed by atoms with E-state index in [-0.39, 0.29) is 35.3 Å². The third-order valence-electron chi connectivity index (χ3n) is 4.70. The van der Waals surface area contributed by atoms with E-state index >= 15 is 0 Å². The molecular formula is C21H30IN5O2. The van der Waals surface area contributed by atoms with Crippen molar-refractivity contribution in [2.45, 2.75) is 52.1 Å². The number of rotatable bonds is 5. The second-order valence-electron chi connectivity index (χ2n) is 7.96. The van der Waals surface area contributed by atoms with Crippen LogP contribution in [-0.2, 0) is 23.3 Å². The number of oxazole rings is 1. The van der Waals surface area contributed by atoms with Gasteiger partial charge in [0.15, 0.2) is 5.96 Å². The van der Waals surface area contributed by atoms with E-state index in [1.54, 1.807) is 13.2 Å². The average Bonchev–Trinajstić information content (AvgIpc) is 3.31. The summed E-state index contributed by atoms with van der Waals surface area (Å²) in [6.07, 6.45) is 3.36. The highest BCUT2D eigenvalue weighted by atomic mass is 127. The molecule has 2 aromatic rings. The zero-order chi connectivity index (χ0) is 20.1. The Morgan fingerprint density at radius 1 is 1.21 bits per heavy atom. The Bertz CT molecular complexity index is 840. The van der Waals surface area contributed by atoms with Crippen LogP contribution in [-0.4, -0.2) is 30.4 Å². The Balaban J connectivity index is 0.00000300. The molecule has 0 spiro atoms. The lowest BCUT2D eigenvalue weighted by Crippen LogP contribution is -2.36. The SMILES string of the molecule is CN=C(NCc1ccc(N2CCCC2=O)cc1)NCc1ncc(C(C)(C)C)o1.I. The molecule has 1 aliphatic heterocycles. The summed E-state index contributed by atoms with van der Waals surface area (Å²) in [5.41, 5.74) is 2.02. The molecule has 1 fully saturated rings. The van der Waals surface area contributed by atoms with Gasteiger partial charge in [-0.15, -0.1) is 24.0 Å². The third kappa shape index (κ3) is 6.19. The van der Waals surface area contributed by atoms with Crippen molar-refractivity contribution in [3.05, 3.63) is 47.7 Å². The van der Waals surface area contributed by atoms with Crippen LogP contribution in [0.2, 0.25) is 0 Å². The predicted molar refractivity (Wildman–Crippen MR) is 126 cm³/mol. The van der Waals surface area contributed by atoms with Gasteiger partial charge >= 0.3 is 0 Å². The maximum atomic E-state index is 11.8. The molecule has 1 aromatic heterocycles. The van der Waals surface area contributed by atoms with Gasteiger partial charge in [-0.3, -0.25) is 9.79 Å². The number of nitrogens with zero attached hydrogens (tertiary/aromatic N) is 3. The van der Waals surface area contributed by atoms with Crippen LogP contribution in [0.15, 0.2) is 39.9 Å². The first-order valence-electron chi connectivity index (χ1n) is 9.66. The molecule has 0 radical (unpaired) electrons. The zero-order valence-electron chi connectivity index (χ0n) is 17.5. The van der Waals surface area contributed by atoms with E-state index in [1.807, 2.05) is 29.2 Å². The fourth-order valence-electron chi connectivity index (χ4n) is 3.02. The first-order valence-corrected chi connectivity index (χ1v) is 9.66.